The van der Waals surface area contributed by atoms with E-state index in [1.54, 1.807) is 11.9 Å². The number of aromatic nitrogens is 1. The summed E-state index contributed by atoms with van der Waals surface area (Å²) in [6.07, 6.45) is 1.03. The highest BCUT2D eigenvalue weighted by Crippen LogP contribution is 2.31. The Kier molecular flexibility index (Phi) is 5.91. The highest BCUT2D eigenvalue weighted by Gasteiger charge is 2.40. The Morgan fingerprint density at radius 1 is 1.37 bits per heavy atom. The smallest absolute Gasteiger partial charge is 0.252 e. The molecule has 7 heteroatoms. The van der Waals surface area contributed by atoms with Crippen molar-refractivity contribution in [2.45, 2.75) is 45.4 Å². The Hall–Kier alpha value is -2.67. The van der Waals surface area contributed by atoms with Crippen molar-refractivity contribution >= 4 is 11.8 Å². The van der Waals surface area contributed by atoms with Gasteiger partial charge in [0.2, 0.25) is 5.91 Å². The van der Waals surface area contributed by atoms with Crippen LogP contribution in [-0.4, -0.2) is 41.6 Å². The second kappa shape index (κ2) is 8.35. The summed E-state index contributed by atoms with van der Waals surface area (Å²) in [5, 5.41) is 6.83. The molecule has 2 amide bonds. The number of carbonyl (C=O) groups excluding carboxylic acids is 2. The molecule has 2 heterocycles. The monoisotopic (exact) mass is 371 g/mol. The van der Waals surface area contributed by atoms with Gasteiger partial charge < -0.3 is 19.5 Å². The van der Waals surface area contributed by atoms with Crippen LogP contribution in [0.25, 0.3) is 0 Å². The van der Waals surface area contributed by atoms with Gasteiger partial charge in [-0.3, -0.25) is 9.59 Å². The van der Waals surface area contributed by atoms with Crippen molar-refractivity contribution in [2.24, 2.45) is 0 Å². The summed E-state index contributed by atoms with van der Waals surface area (Å²) >= 11 is 0. The number of amides is 2. The summed E-state index contributed by atoms with van der Waals surface area (Å²) in [6, 6.07) is 9.08. The molecule has 1 aromatic heterocycles. The number of rotatable bonds is 6. The minimum absolute atomic E-state index is 0.111. The topological polar surface area (TPSA) is 84.7 Å². The van der Waals surface area contributed by atoms with Gasteiger partial charge in [0.15, 0.2) is 11.9 Å². The molecular weight excluding hydrogens is 346 g/mol. The van der Waals surface area contributed by atoms with Crippen LogP contribution in [0.2, 0.25) is 0 Å². The largest absolute Gasteiger partial charge is 0.359 e. The zero-order valence-electron chi connectivity index (χ0n) is 15.9. The molecule has 0 saturated carbocycles. The zero-order chi connectivity index (χ0) is 19.4. The Bertz CT molecular complexity index is 817. The summed E-state index contributed by atoms with van der Waals surface area (Å²) in [6.45, 7) is 4.15. The number of carbonyl (C=O) groups is 2. The highest BCUT2D eigenvalue weighted by atomic mass is 16.5. The molecule has 0 radical (unpaired) electrons. The average Bonchev–Trinajstić information content (AvgIpc) is 3.10. The molecule has 2 aromatic rings. The van der Waals surface area contributed by atoms with E-state index in [4.69, 9.17) is 9.26 Å². The van der Waals surface area contributed by atoms with Crippen LogP contribution >= 0.6 is 0 Å². The molecule has 1 aliphatic rings. The van der Waals surface area contributed by atoms with E-state index in [1.807, 2.05) is 37.3 Å². The molecular formula is C20H25N3O4. The van der Waals surface area contributed by atoms with Gasteiger partial charge >= 0.3 is 0 Å². The highest BCUT2D eigenvalue weighted by molar-refractivity contribution is 5.86. The van der Waals surface area contributed by atoms with Gasteiger partial charge in [0.05, 0.1) is 18.3 Å². The zero-order valence-corrected chi connectivity index (χ0v) is 15.9. The minimum atomic E-state index is -0.785. The quantitative estimate of drug-likeness (QED) is 0.841. The van der Waals surface area contributed by atoms with Gasteiger partial charge in [-0.2, -0.15) is 0 Å². The second-order valence-electron chi connectivity index (χ2n) is 6.79. The van der Waals surface area contributed by atoms with Crippen molar-refractivity contribution in [3.63, 3.8) is 0 Å². The van der Waals surface area contributed by atoms with Crippen LogP contribution in [0.4, 0.5) is 0 Å². The lowest BCUT2D eigenvalue weighted by Crippen LogP contribution is -2.53. The van der Waals surface area contributed by atoms with Crippen molar-refractivity contribution in [2.75, 3.05) is 13.7 Å². The number of morpholine rings is 1. The molecule has 0 unspecified atom stereocenters. The van der Waals surface area contributed by atoms with Gasteiger partial charge in [0, 0.05) is 13.1 Å². The molecule has 1 aromatic carbocycles. The number of benzene rings is 1. The molecule has 27 heavy (non-hydrogen) atoms. The van der Waals surface area contributed by atoms with Crippen molar-refractivity contribution in [1.29, 1.82) is 0 Å². The summed E-state index contributed by atoms with van der Waals surface area (Å²) in [5.74, 6) is 0.169. The van der Waals surface area contributed by atoms with Crippen molar-refractivity contribution in [1.82, 2.24) is 15.4 Å². The van der Waals surface area contributed by atoms with Gasteiger partial charge in [0.25, 0.3) is 5.91 Å². The number of hydrogen-bond donors (Lipinski definition) is 1. The molecule has 1 aliphatic heterocycles. The maximum Gasteiger partial charge on any atom is 0.252 e. The van der Waals surface area contributed by atoms with Crippen LogP contribution < -0.4 is 5.32 Å². The number of nitrogens with one attached hydrogen (secondary N) is 1. The van der Waals surface area contributed by atoms with E-state index >= 15 is 0 Å². The lowest BCUT2D eigenvalue weighted by atomic mass is 9.94. The second-order valence-corrected chi connectivity index (χ2v) is 6.79. The van der Waals surface area contributed by atoms with Crippen LogP contribution in [0.1, 0.15) is 42.0 Å². The number of nitrogens with zero attached hydrogens (tertiary/aromatic N) is 2. The van der Waals surface area contributed by atoms with Crippen LogP contribution in [-0.2, 0) is 27.3 Å². The van der Waals surface area contributed by atoms with E-state index in [0.29, 0.717) is 5.76 Å². The first kappa shape index (κ1) is 19.1. The number of likely N-dealkylation sites (N-methyl/N-ethyl adjacent to an activating group) is 1. The first-order valence-corrected chi connectivity index (χ1v) is 9.16. The normalized spacial score (nSPS) is 20.0. The lowest BCUT2D eigenvalue weighted by Gasteiger charge is -2.38. The third-order valence-electron chi connectivity index (χ3n) is 4.80. The maximum atomic E-state index is 12.8. The molecule has 144 valence electrons. The fourth-order valence-electron chi connectivity index (χ4n) is 3.31. The maximum absolute atomic E-state index is 12.8. The molecule has 0 bridgehead atoms. The van der Waals surface area contributed by atoms with Crippen LogP contribution in [0.5, 0.6) is 0 Å². The van der Waals surface area contributed by atoms with Gasteiger partial charge in [-0.1, -0.05) is 42.8 Å². The molecule has 1 saturated heterocycles. The average molecular weight is 371 g/mol. The first-order valence-electron chi connectivity index (χ1n) is 9.16. The predicted octanol–water partition coefficient (Wildman–Crippen LogP) is 2.15. The van der Waals surface area contributed by atoms with Gasteiger partial charge in [-0.05, 0) is 24.5 Å². The summed E-state index contributed by atoms with van der Waals surface area (Å²) < 4.78 is 10.9. The lowest BCUT2D eigenvalue weighted by molar-refractivity contribution is -0.162. The predicted molar refractivity (Wildman–Crippen MR) is 98.8 cm³/mol. The minimum Gasteiger partial charge on any atom is -0.359 e. The molecule has 0 spiro atoms. The van der Waals surface area contributed by atoms with E-state index in [0.717, 1.165) is 29.7 Å². The Morgan fingerprint density at radius 3 is 2.89 bits per heavy atom. The van der Waals surface area contributed by atoms with Crippen molar-refractivity contribution in [3.8, 4) is 0 Å². The summed E-state index contributed by atoms with van der Waals surface area (Å²) in [5.41, 5.74) is 2.78. The third kappa shape index (κ3) is 4.19. The van der Waals surface area contributed by atoms with E-state index in [-0.39, 0.29) is 25.0 Å². The molecule has 7 nitrogen and oxygen atoms in total. The van der Waals surface area contributed by atoms with E-state index < -0.39 is 12.1 Å². The standard InChI is InChI=1S/C20H25N3O4/c1-4-7-14-10-15(27-22-14)11-21-20(25)19-18(23(3)17(24)12-26-19)16-9-6-5-8-13(16)2/h5-6,8-10,18-19H,4,7,11-12H2,1-3H3,(H,21,25)/t18-,19+/m1/s1. The van der Waals surface area contributed by atoms with E-state index in [9.17, 15) is 9.59 Å². The van der Waals surface area contributed by atoms with Crippen LogP contribution in [0.3, 0.4) is 0 Å². The van der Waals surface area contributed by atoms with Gasteiger partial charge in [-0.15, -0.1) is 0 Å². The molecule has 0 aliphatic carbocycles. The van der Waals surface area contributed by atoms with E-state index in [2.05, 4.69) is 17.4 Å². The third-order valence-corrected chi connectivity index (χ3v) is 4.80. The fourth-order valence-corrected chi connectivity index (χ4v) is 3.31. The Labute approximate surface area is 158 Å². The number of hydrogen-bond acceptors (Lipinski definition) is 5. The SMILES string of the molecule is CCCc1cc(CNC(=O)[C@H]2OCC(=O)N(C)[C@@H]2c2ccccc2C)on1. The molecule has 2 atom stereocenters. The molecule has 1 fully saturated rings. The Balaban J connectivity index is 1.74. The van der Waals surface area contributed by atoms with Crippen LogP contribution in [0.15, 0.2) is 34.9 Å². The fraction of sp³-hybridized carbons (Fsp3) is 0.450. The van der Waals surface area contributed by atoms with E-state index in [1.165, 1.54) is 0 Å². The summed E-state index contributed by atoms with van der Waals surface area (Å²) in [4.78, 5) is 26.5. The molecule has 1 N–H and O–H groups in total. The molecule has 3 rings (SSSR count). The Morgan fingerprint density at radius 2 is 2.15 bits per heavy atom. The van der Waals surface area contributed by atoms with Crippen molar-refractivity contribution in [3.05, 3.63) is 52.9 Å². The van der Waals surface area contributed by atoms with Crippen LogP contribution in [0, 0.1) is 6.92 Å². The van der Waals surface area contributed by atoms with Gasteiger partial charge in [0.1, 0.15) is 6.61 Å². The van der Waals surface area contributed by atoms with Crippen molar-refractivity contribution < 1.29 is 18.8 Å². The number of aryl methyl sites for hydroxylation is 2. The van der Waals surface area contributed by atoms with Gasteiger partial charge in [-0.25, -0.2) is 0 Å². The first-order chi connectivity index (χ1) is 13.0. The number of ether oxygens (including phenoxy) is 1. The summed E-state index contributed by atoms with van der Waals surface area (Å²) in [7, 11) is 1.70.